The van der Waals surface area contributed by atoms with Gasteiger partial charge in [0, 0.05) is 12.7 Å². The van der Waals surface area contributed by atoms with Crippen molar-refractivity contribution in [1.82, 2.24) is 0 Å². The molecule has 0 amide bonds. The van der Waals surface area contributed by atoms with Crippen LogP contribution in [0.3, 0.4) is 0 Å². The van der Waals surface area contributed by atoms with E-state index in [9.17, 15) is 5.11 Å². The third-order valence-electron chi connectivity index (χ3n) is 2.83. The van der Waals surface area contributed by atoms with Crippen LogP contribution in [-0.4, -0.2) is 17.8 Å². The molecule has 1 aromatic heterocycles. The van der Waals surface area contributed by atoms with Crippen LogP contribution in [0.5, 0.6) is 0 Å². The first kappa shape index (κ1) is 12.3. The standard InChI is InChI=1S/C12H20O3/c1-9-10(6-8-15-9)11(13)5-7-12(2,3)14-4/h6,8,11,13H,5,7H2,1-4H3. The van der Waals surface area contributed by atoms with Crippen molar-refractivity contribution in [2.45, 2.75) is 45.3 Å². The van der Waals surface area contributed by atoms with Crippen molar-refractivity contribution in [1.29, 1.82) is 0 Å². The first-order valence-electron chi connectivity index (χ1n) is 5.23. The minimum Gasteiger partial charge on any atom is -0.469 e. The lowest BCUT2D eigenvalue weighted by Gasteiger charge is -2.24. The lowest BCUT2D eigenvalue weighted by atomic mass is 9.97. The maximum Gasteiger partial charge on any atom is 0.106 e. The molecule has 1 N–H and O–H groups in total. The van der Waals surface area contributed by atoms with Crippen LogP contribution in [0.25, 0.3) is 0 Å². The first-order chi connectivity index (χ1) is 6.96. The predicted molar refractivity (Wildman–Crippen MR) is 58.7 cm³/mol. The molecule has 15 heavy (non-hydrogen) atoms. The second-order valence-electron chi connectivity index (χ2n) is 4.45. The molecule has 1 heterocycles. The smallest absolute Gasteiger partial charge is 0.106 e. The van der Waals surface area contributed by atoms with Crippen LogP contribution in [0.4, 0.5) is 0 Å². The average molecular weight is 212 g/mol. The van der Waals surface area contributed by atoms with E-state index in [1.807, 2.05) is 26.8 Å². The fourth-order valence-corrected chi connectivity index (χ4v) is 1.48. The van der Waals surface area contributed by atoms with Gasteiger partial charge in [0.15, 0.2) is 0 Å². The van der Waals surface area contributed by atoms with Crippen LogP contribution in [0, 0.1) is 6.92 Å². The maximum atomic E-state index is 9.93. The van der Waals surface area contributed by atoms with E-state index in [2.05, 4.69) is 0 Å². The van der Waals surface area contributed by atoms with Gasteiger partial charge in [0.2, 0.25) is 0 Å². The van der Waals surface area contributed by atoms with Gasteiger partial charge >= 0.3 is 0 Å². The van der Waals surface area contributed by atoms with Gasteiger partial charge in [-0.3, -0.25) is 0 Å². The average Bonchev–Trinajstić information content (AvgIpc) is 2.61. The lowest BCUT2D eigenvalue weighted by Crippen LogP contribution is -2.23. The molecule has 1 atom stereocenters. The molecule has 1 unspecified atom stereocenters. The van der Waals surface area contributed by atoms with Crippen molar-refractivity contribution in [3.63, 3.8) is 0 Å². The fourth-order valence-electron chi connectivity index (χ4n) is 1.48. The van der Waals surface area contributed by atoms with Crippen molar-refractivity contribution < 1.29 is 14.3 Å². The number of methoxy groups -OCH3 is 1. The Hall–Kier alpha value is -0.800. The lowest BCUT2D eigenvalue weighted by molar-refractivity contribution is 0.00266. The second kappa shape index (κ2) is 4.81. The van der Waals surface area contributed by atoms with E-state index in [0.717, 1.165) is 17.7 Å². The van der Waals surface area contributed by atoms with E-state index in [-0.39, 0.29) is 5.60 Å². The van der Waals surface area contributed by atoms with Gasteiger partial charge in [0.25, 0.3) is 0 Å². The highest BCUT2D eigenvalue weighted by atomic mass is 16.5. The number of ether oxygens (including phenoxy) is 1. The van der Waals surface area contributed by atoms with Crippen molar-refractivity contribution >= 4 is 0 Å². The molecule has 0 spiro atoms. The molecule has 0 saturated carbocycles. The molecule has 0 saturated heterocycles. The zero-order valence-electron chi connectivity index (χ0n) is 9.91. The molecule has 0 radical (unpaired) electrons. The van der Waals surface area contributed by atoms with E-state index in [4.69, 9.17) is 9.15 Å². The molecule has 0 bridgehead atoms. The number of aliphatic hydroxyl groups excluding tert-OH is 1. The number of hydrogen-bond donors (Lipinski definition) is 1. The third kappa shape index (κ3) is 3.36. The second-order valence-corrected chi connectivity index (χ2v) is 4.45. The van der Waals surface area contributed by atoms with E-state index in [0.29, 0.717) is 6.42 Å². The number of furan rings is 1. The summed E-state index contributed by atoms with van der Waals surface area (Å²) in [4.78, 5) is 0. The van der Waals surface area contributed by atoms with E-state index >= 15 is 0 Å². The third-order valence-corrected chi connectivity index (χ3v) is 2.83. The quantitative estimate of drug-likeness (QED) is 0.816. The van der Waals surface area contributed by atoms with Gasteiger partial charge in [-0.25, -0.2) is 0 Å². The van der Waals surface area contributed by atoms with Gasteiger partial charge in [-0.15, -0.1) is 0 Å². The van der Waals surface area contributed by atoms with Crippen LogP contribution in [0.15, 0.2) is 16.7 Å². The zero-order chi connectivity index (χ0) is 11.5. The SMILES string of the molecule is COC(C)(C)CCC(O)c1ccoc1C. The summed E-state index contributed by atoms with van der Waals surface area (Å²) in [7, 11) is 1.69. The molecule has 0 aliphatic carbocycles. The van der Waals surface area contributed by atoms with Gasteiger partial charge in [-0.2, -0.15) is 0 Å². The highest BCUT2D eigenvalue weighted by Crippen LogP contribution is 2.26. The number of aryl methyl sites for hydroxylation is 1. The summed E-state index contributed by atoms with van der Waals surface area (Å²) in [5, 5.41) is 9.93. The molecule has 3 heteroatoms. The molecule has 0 aliphatic heterocycles. The first-order valence-corrected chi connectivity index (χ1v) is 5.23. The summed E-state index contributed by atoms with van der Waals surface area (Å²) in [6, 6.07) is 1.82. The minimum absolute atomic E-state index is 0.182. The Morgan fingerprint density at radius 2 is 2.20 bits per heavy atom. The predicted octanol–water partition coefficient (Wildman–Crippen LogP) is 2.83. The summed E-state index contributed by atoms with van der Waals surface area (Å²) in [5.41, 5.74) is 0.695. The van der Waals surface area contributed by atoms with Gasteiger partial charge in [-0.1, -0.05) is 0 Å². The van der Waals surface area contributed by atoms with Crippen molar-refractivity contribution in [2.75, 3.05) is 7.11 Å². The highest BCUT2D eigenvalue weighted by Gasteiger charge is 2.20. The minimum atomic E-state index is -0.460. The van der Waals surface area contributed by atoms with Gasteiger partial charge in [-0.05, 0) is 39.7 Å². The Kier molecular flexibility index (Phi) is 3.94. The topological polar surface area (TPSA) is 42.6 Å². The molecule has 0 aliphatic rings. The summed E-state index contributed by atoms with van der Waals surface area (Å²) >= 11 is 0. The molecule has 0 fully saturated rings. The van der Waals surface area contributed by atoms with Gasteiger partial charge < -0.3 is 14.3 Å². The van der Waals surface area contributed by atoms with Crippen LogP contribution in [0.1, 0.15) is 44.1 Å². The Bertz CT molecular complexity index is 302. The zero-order valence-corrected chi connectivity index (χ0v) is 9.91. The molecular weight excluding hydrogens is 192 g/mol. The van der Waals surface area contributed by atoms with Gasteiger partial charge in [0.05, 0.1) is 18.0 Å². The van der Waals surface area contributed by atoms with Crippen LogP contribution in [0.2, 0.25) is 0 Å². The van der Waals surface area contributed by atoms with Gasteiger partial charge in [0.1, 0.15) is 5.76 Å². The molecule has 1 aromatic rings. The van der Waals surface area contributed by atoms with Crippen LogP contribution < -0.4 is 0 Å². The molecule has 1 rings (SSSR count). The largest absolute Gasteiger partial charge is 0.469 e. The monoisotopic (exact) mass is 212 g/mol. The van der Waals surface area contributed by atoms with E-state index in [1.54, 1.807) is 13.4 Å². The summed E-state index contributed by atoms with van der Waals surface area (Å²) < 4.78 is 10.5. The van der Waals surface area contributed by atoms with Crippen LogP contribution in [-0.2, 0) is 4.74 Å². The Balaban J connectivity index is 2.50. The fraction of sp³-hybridized carbons (Fsp3) is 0.667. The molecule has 86 valence electrons. The summed E-state index contributed by atoms with van der Waals surface area (Å²) in [5.74, 6) is 0.790. The summed E-state index contributed by atoms with van der Waals surface area (Å²) in [6.07, 6.45) is 2.64. The van der Waals surface area contributed by atoms with Crippen LogP contribution >= 0.6 is 0 Å². The molecule has 3 nitrogen and oxygen atoms in total. The summed E-state index contributed by atoms with van der Waals surface area (Å²) in [6.45, 7) is 5.89. The molecular formula is C12H20O3. The number of aliphatic hydroxyl groups is 1. The molecule has 0 aromatic carbocycles. The maximum absolute atomic E-state index is 9.93. The van der Waals surface area contributed by atoms with E-state index < -0.39 is 6.10 Å². The Morgan fingerprint density at radius 3 is 2.67 bits per heavy atom. The van der Waals surface area contributed by atoms with Crippen molar-refractivity contribution in [3.05, 3.63) is 23.7 Å². The highest BCUT2D eigenvalue weighted by molar-refractivity contribution is 5.18. The number of rotatable bonds is 5. The van der Waals surface area contributed by atoms with Crippen molar-refractivity contribution in [2.24, 2.45) is 0 Å². The normalized spacial score (nSPS) is 14.2. The Labute approximate surface area is 91.1 Å². The number of hydrogen-bond acceptors (Lipinski definition) is 3. The van der Waals surface area contributed by atoms with E-state index in [1.165, 1.54) is 0 Å². The van der Waals surface area contributed by atoms with Crippen molar-refractivity contribution in [3.8, 4) is 0 Å². The Morgan fingerprint density at radius 1 is 1.53 bits per heavy atom.